The van der Waals surface area contributed by atoms with E-state index in [1.165, 1.54) is 17.0 Å². The van der Waals surface area contributed by atoms with Gasteiger partial charge < -0.3 is 9.64 Å². The second kappa shape index (κ2) is 7.13. The van der Waals surface area contributed by atoms with Crippen LogP contribution in [0.3, 0.4) is 0 Å². The summed E-state index contributed by atoms with van der Waals surface area (Å²) in [5.41, 5.74) is 1.06. The first kappa shape index (κ1) is 16.6. The van der Waals surface area contributed by atoms with Gasteiger partial charge in [0.05, 0.1) is 11.6 Å². The lowest BCUT2D eigenvalue weighted by molar-refractivity contribution is -0.149. The van der Waals surface area contributed by atoms with Gasteiger partial charge in [-0.25, -0.2) is 4.39 Å². The van der Waals surface area contributed by atoms with Gasteiger partial charge in [0.15, 0.2) is 0 Å². The summed E-state index contributed by atoms with van der Waals surface area (Å²) in [6, 6.07) is 13.5. The highest BCUT2D eigenvalue weighted by Gasteiger charge is 2.37. The first-order valence-corrected chi connectivity index (χ1v) is 8.30. The predicted molar refractivity (Wildman–Crippen MR) is 90.8 cm³/mol. The van der Waals surface area contributed by atoms with Crippen molar-refractivity contribution in [2.45, 2.75) is 13.0 Å². The van der Waals surface area contributed by atoms with Crippen LogP contribution in [-0.2, 0) is 20.9 Å². The molecule has 2 aromatic carbocycles. The molecule has 1 saturated heterocycles. The van der Waals surface area contributed by atoms with Crippen molar-refractivity contribution in [3.05, 3.63) is 64.4 Å². The van der Waals surface area contributed by atoms with Crippen molar-refractivity contribution in [2.24, 2.45) is 5.92 Å². The highest BCUT2D eigenvalue weighted by atomic mass is 79.9. The number of ether oxygens (including phenoxy) is 1. The Labute approximate surface area is 147 Å². The Balaban J connectivity index is 1.62. The molecular formula is C18H15BrFNO3. The molecule has 0 unspecified atom stereocenters. The number of para-hydroxylation sites is 1. The number of rotatable bonds is 4. The van der Waals surface area contributed by atoms with Crippen LogP contribution >= 0.6 is 15.9 Å². The Hall–Kier alpha value is -2.21. The van der Waals surface area contributed by atoms with Gasteiger partial charge in [-0.2, -0.15) is 0 Å². The van der Waals surface area contributed by atoms with Crippen molar-refractivity contribution < 1.29 is 18.7 Å². The van der Waals surface area contributed by atoms with Crippen molar-refractivity contribution in [1.29, 1.82) is 0 Å². The molecule has 1 aliphatic rings. The lowest BCUT2D eigenvalue weighted by Crippen LogP contribution is -2.27. The van der Waals surface area contributed by atoms with E-state index < -0.39 is 17.7 Å². The largest absolute Gasteiger partial charge is 0.461 e. The Morgan fingerprint density at radius 2 is 1.92 bits per heavy atom. The normalized spacial score (nSPS) is 17.2. The molecule has 1 aliphatic heterocycles. The van der Waals surface area contributed by atoms with Crippen LogP contribution in [0, 0.1) is 11.7 Å². The minimum absolute atomic E-state index is 0.0352. The van der Waals surface area contributed by atoms with Gasteiger partial charge >= 0.3 is 5.97 Å². The number of carbonyl (C=O) groups is 2. The molecule has 4 nitrogen and oxygen atoms in total. The molecule has 1 amide bonds. The van der Waals surface area contributed by atoms with Crippen molar-refractivity contribution >= 4 is 33.5 Å². The number of amides is 1. The lowest BCUT2D eigenvalue weighted by Gasteiger charge is -2.17. The number of esters is 1. The molecule has 0 spiro atoms. The number of benzene rings is 2. The molecular weight excluding hydrogens is 377 g/mol. The topological polar surface area (TPSA) is 46.6 Å². The number of nitrogens with zero attached hydrogens (tertiary/aromatic N) is 1. The highest BCUT2D eigenvalue weighted by molar-refractivity contribution is 9.10. The molecule has 0 radical (unpaired) electrons. The summed E-state index contributed by atoms with van der Waals surface area (Å²) in [5.74, 6) is -1.77. The van der Waals surface area contributed by atoms with E-state index in [1.54, 1.807) is 12.1 Å². The third-order valence-corrected chi connectivity index (χ3v) is 4.42. The third kappa shape index (κ3) is 3.64. The van der Waals surface area contributed by atoms with Crippen LogP contribution in [-0.4, -0.2) is 18.4 Å². The molecule has 6 heteroatoms. The van der Waals surface area contributed by atoms with E-state index in [4.69, 9.17) is 4.74 Å². The van der Waals surface area contributed by atoms with E-state index in [-0.39, 0.29) is 31.2 Å². The average Bonchev–Trinajstić information content (AvgIpc) is 2.96. The maximum absolute atomic E-state index is 13.8. The summed E-state index contributed by atoms with van der Waals surface area (Å²) in [7, 11) is 0. The van der Waals surface area contributed by atoms with E-state index in [1.807, 2.05) is 24.3 Å². The Bertz CT molecular complexity index is 763. The van der Waals surface area contributed by atoms with Gasteiger partial charge in [0, 0.05) is 17.4 Å². The number of hydrogen-bond donors (Lipinski definition) is 0. The smallest absolute Gasteiger partial charge is 0.311 e. The van der Waals surface area contributed by atoms with Crippen LogP contribution < -0.4 is 4.90 Å². The fourth-order valence-corrected chi connectivity index (χ4v) is 2.89. The molecule has 2 aromatic rings. The van der Waals surface area contributed by atoms with Crippen LogP contribution in [0.5, 0.6) is 0 Å². The summed E-state index contributed by atoms with van der Waals surface area (Å²) >= 11 is 3.34. The predicted octanol–water partition coefficient (Wildman–Crippen LogP) is 3.68. The maximum atomic E-state index is 13.8. The maximum Gasteiger partial charge on any atom is 0.311 e. The van der Waals surface area contributed by atoms with E-state index in [0.29, 0.717) is 0 Å². The SMILES string of the molecule is O=C(OCc1ccc(Br)cc1)[C@@H]1CC(=O)N(c2ccccc2F)C1. The average molecular weight is 392 g/mol. The zero-order chi connectivity index (χ0) is 17.1. The van der Waals surface area contributed by atoms with Crippen LogP contribution in [0.2, 0.25) is 0 Å². The first-order valence-electron chi connectivity index (χ1n) is 7.50. The van der Waals surface area contributed by atoms with E-state index >= 15 is 0 Å². The van der Waals surface area contributed by atoms with Crippen molar-refractivity contribution in [1.82, 2.24) is 0 Å². The second-order valence-electron chi connectivity index (χ2n) is 5.59. The Morgan fingerprint density at radius 3 is 2.62 bits per heavy atom. The molecule has 3 rings (SSSR count). The summed E-state index contributed by atoms with van der Waals surface area (Å²) in [5, 5.41) is 0. The first-order chi connectivity index (χ1) is 11.5. The van der Waals surface area contributed by atoms with Gasteiger partial charge in [-0.3, -0.25) is 9.59 Å². The molecule has 1 heterocycles. The number of halogens is 2. The molecule has 0 aliphatic carbocycles. The molecule has 124 valence electrons. The minimum atomic E-state index is -0.576. The monoisotopic (exact) mass is 391 g/mol. The fraction of sp³-hybridized carbons (Fsp3) is 0.222. The Kier molecular flexibility index (Phi) is 4.94. The molecule has 1 fully saturated rings. The van der Waals surface area contributed by atoms with Gasteiger partial charge in [0.25, 0.3) is 0 Å². The number of anilines is 1. The standard InChI is InChI=1S/C18H15BrFNO3/c19-14-7-5-12(6-8-14)11-24-18(23)13-9-17(22)21(10-13)16-4-2-1-3-15(16)20/h1-8,13H,9-11H2/t13-/m1/s1. The summed E-state index contributed by atoms with van der Waals surface area (Å²) in [6.07, 6.45) is 0.0352. The van der Waals surface area contributed by atoms with Crippen molar-refractivity contribution in [3.63, 3.8) is 0 Å². The van der Waals surface area contributed by atoms with E-state index in [2.05, 4.69) is 15.9 Å². The zero-order valence-electron chi connectivity index (χ0n) is 12.7. The van der Waals surface area contributed by atoms with Crippen LogP contribution in [0.25, 0.3) is 0 Å². The Morgan fingerprint density at radius 1 is 1.21 bits per heavy atom. The van der Waals surface area contributed by atoms with E-state index in [0.717, 1.165) is 10.0 Å². The van der Waals surface area contributed by atoms with Gasteiger partial charge in [-0.1, -0.05) is 40.2 Å². The highest BCUT2D eigenvalue weighted by Crippen LogP contribution is 2.28. The molecule has 0 saturated carbocycles. The van der Waals surface area contributed by atoms with Crippen LogP contribution in [0.1, 0.15) is 12.0 Å². The minimum Gasteiger partial charge on any atom is -0.461 e. The van der Waals surface area contributed by atoms with Gasteiger partial charge in [0.1, 0.15) is 12.4 Å². The van der Waals surface area contributed by atoms with E-state index in [9.17, 15) is 14.0 Å². The van der Waals surface area contributed by atoms with Crippen molar-refractivity contribution in [2.75, 3.05) is 11.4 Å². The van der Waals surface area contributed by atoms with Gasteiger partial charge in [0.2, 0.25) is 5.91 Å². The van der Waals surface area contributed by atoms with Gasteiger partial charge in [-0.15, -0.1) is 0 Å². The zero-order valence-corrected chi connectivity index (χ0v) is 14.3. The van der Waals surface area contributed by atoms with Gasteiger partial charge in [-0.05, 0) is 29.8 Å². The number of carbonyl (C=O) groups excluding carboxylic acids is 2. The molecule has 0 N–H and O–H groups in total. The molecule has 0 bridgehead atoms. The molecule has 24 heavy (non-hydrogen) atoms. The van der Waals surface area contributed by atoms with Crippen LogP contribution in [0.15, 0.2) is 53.0 Å². The van der Waals surface area contributed by atoms with Crippen molar-refractivity contribution in [3.8, 4) is 0 Å². The number of hydrogen-bond acceptors (Lipinski definition) is 3. The summed E-state index contributed by atoms with van der Waals surface area (Å²) in [6.45, 7) is 0.287. The summed E-state index contributed by atoms with van der Waals surface area (Å²) < 4.78 is 20.1. The lowest BCUT2D eigenvalue weighted by atomic mass is 10.1. The fourth-order valence-electron chi connectivity index (χ4n) is 2.62. The third-order valence-electron chi connectivity index (χ3n) is 3.90. The second-order valence-corrected chi connectivity index (χ2v) is 6.51. The molecule has 0 aromatic heterocycles. The van der Waals surface area contributed by atoms with Crippen LogP contribution in [0.4, 0.5) is 10.1 Å². The summed E-state index contributed by atoms with van der Waals surface area (Å²) in [4.78, 5) is 25.6. The quantitative estimate of drug-likeness (QED) is 0.746. The molecule has 1 atom stereocenters.